The summed E-state index contributed by atoms with van der Waals surface area (Å²) in [5, 5.41) is 0. The zero-order valence-corrected chi connectivity index (χ0v) is 14.6. The van der Waals surface area contributed by atoms with Crippen LogP contribution in [0.3, 0.4) is 0 Å². The van der Waals surface area contributed by atoms with Gasteiger partial charge < -0.3 is 4.74 Å². The maximum atomic E-state index is 12.2. The van der Waals surface area contributed by atoms with Crippen molar-refractivity contribution in [2.75, 3.05) is 10.6 Å². The van der Waals surface area contributed by atoms with Crippen molar-refractivity contribution in [3.05, 3.63) is 84.7 Å². The van der Waals surface area contributed by atoms with Crippen LogP contribution in [0.5, 0.6) is 11.5 Å². The molecule has 0 aliphatic carbocycles. The molecule has 5 nitrogen and oxygen atoms in total. The standard InChI is InChI=1S/C19H18N2O3S/c1-25(22,23)21(15-16-6-5-13-20-14-16)17-9-11-19(12-10-17)24-18-7-3-2-4-8-18/h2-14H,15H2,1H3. The number of nitrogens with zero attached hydrogens (tertiary/aromatic N) is 2. The first-order valence-corrected chi connectivity index (χ1v) is 9.57. The summed E-state index contributed by atoms with van der Waals surface area (Å²) >= 11 is 0. The molecule has 3 rings (SSSR count). The summed E-state index contributed by atoms with van der Waals surface area (Å²) in [7, 11) is -3.42. The average molecular weight is 354 g/mol. The third-order valence-corrected chi connectivity index (χ3v) is 4.69. The molecular weight excluding hydrogens is 336 g/mol. The number of sulfonamides is 1. The highest BCUT2D eigenvalue weighted by molar-refractivity contribution is 7.92. The van der Waals surface area contributed by atoms with Gasteiger partial charge in [-0.25, -0.2) is 8.42 Å². The summed E-state index contributed by atoms with van der Waals surface area (Å²) in [6.45, 7) is 0.228. The van der Waals surface area contributed by atoms with Crippen molar-refractivity contribution in [2.24, 2.45) is 0 Å². The molecule has 2 aromatic carbocycles. The Kier molecular flexibility index (Phi) is 5.00. The predicted octanol–water partition coefficient (Wildman–Crippen LogP) is 3.84. The van der Waals surface area contributed by atoms with Gasteiger partial charge in [0.25, 0.3) is 0 Å². The van der Waals surface area contributed by atoms with Crippen molar-refractivity contribution in [3.63, 3.8) is 0 Å². The molecule has 6 heteroatoms. The summed E-state index contributed by atoms with van der Waals surface area (Å²) in [6.07, 6.45) is 4.51. The Bertz CT molecular complexity index is 912. The minimum atomic E-state index is -3.42. The van der Waals surface area contributed by atoms with Gasteiger partial charge in [-0.2, -0.15) is 0 Å². The maximum absolute atomic E-state index is 12.2. The number of para-hydroxylation sites is 1. The van der Waals surface area contributed by atoms with E-state index >= 15 is 0 Å². The van der Waals surface area contributed by atoms with Crippen LogP contribution < -0.4 is 9.04 Å². The van der Waals surface area contributed by atoms with Gasteiger partial charge in [-0.1, -0.05) is 24.3 Å². The molecule has 1 heterocycles. The molecule has 0 spiro atoms. The average Bonchev–Trinajstić information content (AvgIpc) is 2.61. The zero-order valence-electron chi connectivity index (χ0n) is 13.7. The van der Waals surface area contributed by atoms with Gasteiger partial charge in [0.2, 0.25) is 10.0 Å². The number of ether oxygens (including phenoxy) is 1. The van der Waals surface area contributed by atoms with Crippen LogP contribution in [0.15, 0.2) is 79.1 Å². The largest absolute Gasteiger partial charge is 0.457 e. The normalized spacial score (nSPS) is 11.1. The van der Waals surface area contributed by atoms with Gasteiger partial charge >= 0.3 is 0 Å². The van der Waals surface area contributed by atoms with E-state index in [4.69, 9.17) is 4.74 Å². The lowest BCUT2D eigenvalue weighted by Crippen LogP contribution is -2.29. The van der Waals surface area contributed by atoms with Gasteiger partial charge in [-0.3, -0.25) is 9.29 Å². The fraction of sp³-hybridized carbons (Fsp3) is 0.105. The van der Waals surface area contributed by atoms with Crippen LogP contribution in [0.25, 0.3) is 0 Å². The van der Waals surface area contributed by atoms with Crippen LogP contribution >= 0.6 is 0 Å². The Labute approximate surface area is 147 Å². The molecule has 1 aromatic heterocycles. The third-order valence-electron chi connectivity index (χ3n) is 3.55. The molecule has 0 radical (unpaired) electrons. The molecule has 0 fully saturated rings. The number of anilines is 1. The lowest BCUT2D eigenvalue weighted by molar-refractivity contribution is 0.482. The van der Waals surface area contributed by atoms with Crippen molar-refractivity contribution >= 4 is 15.7 Å². The smallest absolute Gasteiger partial charge is 0.232 e. The first-order chi connectivity index (χ1) is 12.0. The molecule has 0 saturated carbocycles. The van der Waals surface area contributed by atoms with Gasteiger partial charge in [-0.05, 0) is 48.0 Å². The number of hydrogen-bond donors (Lipinski definition) is 0. The van der Waals surface area contributed by atoms with E-state index < -0.39 is 10.0 Å². The SMILES string of the molecule is CS(=O)(=O)N(Cc1cccnc1)c1ccc(Oc2ccccc2)cc1. The number of pyridine rings is 1. The molecule has 3 aromatic rings. The van der Waals surface area contributed by atoms with Crippen molar-refractivity contribution in [2.45, 2.75) is 6.54 Å². The van der Waals surface area contributed by atoms with E-state index in [-0.39, 0.29) is 6.54 Å². The van der Waals surface area contributed by atoms with Crippen LogP contribution in [0.2, 0.25) is 0 Å². The molecule has 0 aliphatic rings. The Hall–Kier alpha value is -2.86. The van der Waals surface area contributed by atoms with E-state index in [1.165, 1.54) is 10.6 Å². The molecule has 128 valence electrons. The van der Waals surface area contributed by atoms with Crippen LogP contribution in [0.4, 0.5) is 5.69 Å². The minimum Gasteiger partial charge on any atom is -0.457 e. The predicted molar refractivity (Wildman–Crippen MR) is 98.2 cm³/mol. The Morgan fingerprint density at radius 2 is 1.60 bits per heavy atom. The van der Waals surface area contributed by atoms with Crippen LogP contribution in [-0.2, 0) is 16.6 Å². The van der Waals surface area contributed by atoms with E-state index in [1.807, 2.05) is 36.4 Å². The van der Waals surface area contributed by atoms with E-state index in [0.717, 1.165) is 11.3 Å². The van der Waals surface area contributed by atoms with E-state index in [1.54, 1.807) is 42.7 Å². The molecule has 0 aliphatic heterocycles. The van der Waals surface area contributed by atoms with Crippen molar-refractivity contribution in [1.82, 2.24) is 4.98 Å². The van der Waals surface area contributed by atoms with Gasteiger partial charge in [0.15, 0.2) is 0 Å². The van der Waals surface area contributed by atoms with Crippen molar-refractivity contribution in [3.8, 4) is 11.5 Å². The lowest BCUT2D eigenvalue weighted by Gasteiger charge is -2.22. The van der Waals surface area contributed by atoms with Gasteiger partial charge in [0, 0.05) is 12.4 Å². The summed E-state index contributed by atoms with van der Waals surface area (Å²) in [5.41, 5.74) is 1.39. The maximum Gasteiger partial charge on any atom is 0.232 e. The first-order valence-electron chi connectivity index (χ1n) is 7.72. The molecule has 0 bridgehead atoms. The summed E-state index contributed by atoms with van der Waals surface area (Å²) in [6, 6.07) is 20.0. The molecule has 0 unspecified atom stereocenters. The Morgan fingerprint density at radius 1 is 0.920 bits per heavy atom. The number of benzene rings is 2. The Balaban J connectivity index is 1.82. The monoisotopic (exact) mass is 354 g/mol. The first kappa shape index (κ1) is 17.0. The topological polar surface area (TPSA) is 59.5 Å². The van der Waals surface area contributed by atoms with Gasteiger partial charge in [0.1, 0.15) is 11.5 Å². The summed E-state index contributed by atoms with van der Waals surface area (Å²) in [5.74, 6) is 1.37. The highest BCUT2D eigenvalue weighted by atomic mass is 32.2. The second kappa shape index (κ2) is 7.36. The number of hydrogen-bond acceptors (Lipinski definition) is 4. The highest BCUT2D eigenvalue weighted by Gasteiger charge is 2.18. The quantitative estimate of drug-likeness (QED) is 0.675. The summed E-state index contributed by atoms with van der Waals surface area (Å²) in [4.78, 5) is 4.03. The minimum absolute atomic E-state index is 0.228. The van der Waals surface area contributed by atoms with Crippen LogP contribution in [-0.4, -0.2) is 19.7 Å². The van der Waals surface area contributed by atoms with Crippen molar-refractivity contribution < 1.29 is 13.2 Å². The summed E-state index contributed by atoms with van der Waals surface area (Å²) < 4.78 is 31.5. The zero-order chi connectivity index (χ0) is 17.7. The van der Waals surface area contributed by atoms with Gasteiger partial charge in [0.05, 0.1) is 18.5 Å². The molecule has 25 heavy (non-hydrogen) atoms. The molecular formula is C19H18N2O3S. The van der Waals surface area contributed by atoms with Gasteiger partial charge in [-0.15, -0.1) is 0 Å². The Morgan fingerprint density at radius 3 is 2.20 bits per heavy atom. The lowest BCUT2D eigenvalue weighted by atomic mass is 10.2. The molecule has 0 atom stereocenters. The third kappa shape index (κ3) is 4.58. The number of aromatic nitrogens is 1. The van der Waals surface area contributed by atoms with Crippen LogP contribution in [0, 0.1) is 0 Å². The van der Waals surface area contributed by atoms with Crippen molar-refractivity contribution in [1.29, 1.82) is 0 Å². The molecule has 0 amide bonds. The van der Waals surface area contributed by atoms with E-state index in [0.29, 0.717) is 11.4 Å². The fourth-order valence-electron chi connectivity index (χ4n) is 2.36. The highest BCUT2D eigenvalue weighted by Crippen LogP contribution is 2.26. The fourth-order valence-corrected chi connectivity index (χ4v) is 3.25. The molecule has 0 N–H and O–H groups in total. The molecule has 0 saturated heterocycles. The van der Waals surface area contributed by atoms with E-state index in [9.17, 15) is 8.42 Å². The van der Waals surface area contributed by atoms with Crippen LogP contribution in [0.1, 0.15) is 5.56 Å². The second-order valence-electron chi connectivity index (χ2n) is 5.54. The second-order valence-corrected chi connectivity index (χ2v) is 7.45. The number of rotatable bonds is 6. The van der Waals surface area contributed by atoms with E-state index in [2.05, 4.69) is 4.98 Å².